The summed E-state index contributed by atoms with van der Waals surface area (Å²) in [6.07, 6.45) is 6.20. The molecule has 1 aliphatic heterocycles. The fourth-order valence-electron chi connectivity index (χ4n) is 2.39. The highest BCUT2D eigenvalue weighted by molar-refractivity contribution is 8.00. The molecule has 0 radical (unpaired) electrons. The van der Waals surface area contributed by atoms with Crippen LogP contribution >= 0.6 is 11.8 Å². The fourth-order valence-corrected chi connectivity index (χ4v) is 3.70. The summed E-state index contributed by atoms with van der Waals surface area (Å²) in [5.41, 5.74) is -0.511. The third-order valence-electron chi connectivity index (χ3n) is 3.83. The molecule has 0 spiro atoms. The van der Waals surface area contributed by atoms with Gasteiger partial charge in [-0.25, -0.2) is 0 Å². The van der Waals surface area contributed by atoms with Gasteiger partial charge in [0.1, 0.15) is 17.6 Å². The number of unbranched alkanes of at least 4 members (excludes halogenated alkanes) is 3. The molecular weight excluding hydrogens is 300 g/mol. The Bertz CT molecular complexity index is 265. The smallest absolute Gasteiger partial charge is 0.128 e. The standard InChI is InChI=1S/C17H34O4S/c1-4-7-10-19-13-14-15(20-11-8-5-2)16(17(18)22-14)21-12-9-6-3/h14-18H,4-13H2,1-3H3/t14-,15-,16-,17-/m1/s1. The Morgan fingerprint density at radius 2 is 1.36 bits per heavy atom. The van der Waals surface area contributed by atoms with Gasteiger partial charge in [-0.15, -0.1) is 11.8 Å². The van der Waals surface area contributed by atoms with E-state index in [0.29, 0.717) is 13.2 Å². The zero-order valence-corrected chi connectivity index (χ0v) is 15.3. The number of aliphatic hydroxyl groups excluding tert-OH is 1. The highest BCUT2D eigenvalue weighted by Crippen LogP contribution is 2.37. The average Bonchev–Trinajstić information content (AvgIpc) is 2.80. The van der Waals surface area contributed by atoms with Gasteiger partial charge in [0, 0.05) is 19.8 Å². The van der Waals surface area contributed by atoms with Crippen LogP contribution in [0.5, 0.6) is 0 Å². The number of thioether (sulfide) groups is 1. The molecule has 0 aromatic rings. The van der Waals surface area contributed by atoms with Crippen molar-refractivity contribution < 1.29 is 19.3 Å². The molecule has 0 unspecified atom stereocenters. The van der Waals surface area contributed by atoms with E-state index in [-0.39, 0.29) is 17.5 Å². The Morgan fingerprint density at radius 1 is 0.818 bits per heavy atom. The molecule has 0 bridgehead atoms. The van der Waals surface area contributed by atoms with Gasteiger partial charge >= 0.3 is 0 Å². The van der Waals surface area contributed by atoms with Crippen molar-refractivity contribution in [3.63, 3.8) is 0 Å². The van der Waals surface area contributed by atoms with Crippen LogP contribution in [0.25, 0.3) is 0 Å². The van der Waals surface area contributed by atoms with E-state index < -0.39 is 5.44 Å². The predicted molar refractivity (Wildman–Crippen MR) is 92.4 cm³/mol. The third kappa shape index (κ3) is 7.18. The zero-order chi connectivity index (χ0) is 16.2. The molecule has 0 amide bonds. The van der Waals surface area contributed by atoms with Gasteiger partial charge in [0.25, 0.3) is 0 Å². The van der Waals surface area contributed by atoms with E-state index in [4.69, 9.17) is 14.2 Å². The topological polar surface area (TPSA) is 47.9 Å². The van der Waals surface area contributed by atoms with E-state index in [0.717, 1.165) is 51.7 Å². The fraction of sp³-hybridized carbons (Fsp3) is 1.00. The molecule has 1 heterocycles. The van der Waals surface area contributed by atoms with Crippen molar-refractivity contribution >= 4 is 11.8 Å². The highest BCUT2D eigenvalue weighted by atomic mass is 32.2. The highest BCUT2D eigenvalue weighted by Gasteiger charge is 2.45. The summed E-state index contributed by atoms with van der Waals surface area (Å²) in [7, 11) is 0. The molecule has 0 aliphatic carbocycles. The molecule has 4 nitrogen and oxygen atoms in total. The predicted octanol–water partition coefficient (Wildman–Crippen LogP) is 3.61. The summed E-state index contributed by atoms with van der Waals surface area (Å²) in [4.78, 5) is 0. The van der Waals surface area contributed by atoms with Crippen molar-refractivity contribution in [2.75, 3.05) is 26.4 Å². The monoisotopic (exact) mass is 334 g/mol. The van der Waals surface area contributed by atoms with Gasteiger partial charge in [-0.1, -0.05) is 40.0 Å². The van der Waals surface area contributed by atoms with Gasteiger partial charge < -0.3 is 19.3 Å². The molecule has 22 heavy (non-hydrogen) atoms. The van der Waals surface area contributed by atoms with E-state index in [9.17, 15) is 5.11 Å². The van der Waals surface area contributed by atoms with Crippen LogP contribution in [0.1, 0.15) is 59.3 Å². The van der Waals surface area contributed by atoms with E-state index in [2.05, 4.69) is 20.8 Å². The van der Waals surface area contributed by atoms with Crippen molar-refractivity contribution in [1.29, 1.82) is 0 Å². The number of ether oxygens (including phenoxy) is 3. The second-order valence-electron chi connectivity index (χ2n) is 5.87. The number of hydrogen-bond acceptors (Lipinski definition) is 5. The van der Waals surface area contributed by atoms with Crippen molar-refractivity contribution in [1.82, 2.24) is 0 Å². The van der Waals surface area contributed by atoms with Gasteiger partial charge in [0.05, 0.1) is 11.9 Å². The van der Waals surface area contributed by atoms with Crippen molar-refractivity contribution in [3.8, 4) is 0 Å². The summed E-state index contributed by atoms with van der Waals surface area (Å²) in [5.74, 6) is 0. The normalized spacial score (nSPS) is 28.4. The molecule has 0 saturated carbocycles. The number of hydrogen-bond donors (Lipinski definition) is 1. The van der Waals surface area contributed by atoms with Crippen LogP contribution in [-0.2, 0) is 14.2 Å². The maximum Gasteiger partial charge on any atom is 0.128 e. The largest absolute Gasteiger partial charge is 0.380 e. The van der Waals surface area contributed by atoms with Crippen molar-refractivity contribution in [3.05, 3.63) is 0 Å². The summed E-state index contributed by atoms with van der Waals surface area (Å²) < 4.78 is 17.7. The summed E-state index contributed by atoms with van der Waals surface area (Å²) in [5, 5.41) is 10.5. The maximum atomic E-state index is 10.3. The minimum Gasteiger partial charge on any atom is -0.380 e. The molecule has 1 saturated heterocycles. The first-order chi connectivity index (χ1) is 10.7. The molecule has 1 rings (SSSR count). The van der Waals surface area contributed by atoms with Crippen LogP contribution in [0.2, 0.25) is 0 Å². The van der Waals surface area contributed by atoms with Gasteiger partial charge in [0.15, 0.2) is 0 Å². The Balaban J connectivity index is 2.48. The quantitative estimate of drug-likeness (QED) is 0.521. The summed E-state index contributed by atoms with van der Waals surface area (Å²) in [6, 6.07) is 0. The Morgan fingerprint density at radius 3 is 1.95 bits per heavy atom. The van der Waals surface area contributed by atoms with Gasteiger partial charge in [-0.2, -0.15) is 0 Å². The van der Waals surface area contributed by atoms with Crippen LogP contribution in [-0.4, -0.2) is 54.4 Å². The van der Waals surface area contributed by atoms with E-state index in [1.54, 1.807) is 0 Å². The number of aliphatic hydroxyl groups is 1. The average molecular weight is 335 g/mol. The lowest BCUT2D eigenvalue weighted by Crippen LogP contribution is -2.39. The molecule has 0 aromatic heterocycles. The first-order valence-corrected chi connectivity index (χ1v) is 9.83. The van der Waals surface area contributed by atoms with E-state index >= 15 is 0 Å². The first kappa shape index (κ1) is 20.2. The van der Waals surface area contributed by atoms with Crippen LogP contribution in [0, 0.1) is 0 Å². The van der Waals surface area contributed by atoms with Crippen LogP contribution in [0.15, 0.2) is 0 Å². The maximum absolute atomic E-state index is 10.3. The zero-order valence-electron chi connectivity index (χ0n) is 14.5. The Labute approximate surface area is 140 Å². The van der Waals surface area contributed by atoms with E-state index in [1.807, 2.05) is 0 Å². The van der Waals surface area contributed by atoms with Gasteiger partial charge in [0.2, 0.25) is 0 Å². The molecule has 132 valence electrons. The Hall–Kier alpha value is 0.190. The Kier molecular flexibility index (Phi) is 11.6. The van der Waals surface area contributed by atoms with E-state index in [1.165, 1.54) is 11.8 Å². The van der Waals surface area contributed by atoms with Crippen LogP contribution < -0.4 is 0 Å². The molecule has 1 N–H and O–H groups in total. The lowest BCUT2D eigenvalue weighted by atomic mass is 10.1. The molecule has 0 aromatic carbocycles. The number of rotatable bonds is 13. The van der Waals surface area contributed by atoms with Crippen molar-refractivity contribution in [2.45, 2.75) is 82.2 Å². The third-order valence-corrected chi connectivity index (χ3v) is 5.13. The molecule has 1 fully saturated rings. The van der Waals surface area contributed by atoms with Crippen LogP contribution in [0.3, 0.4) is 0 Å². The second kappa shape index (κ2) is 12.6. The summed E-state index contributed by atoms with van der Waals surface area (Å²) in [6.45, 7) is 9.29. The molecule has 5 heteroatoms. The minimum atomic E-state index is -0.511. The molecular formula is C17H34O4S. The first-order valence-electron chi connectivity index (χ1n) is 8.89. The lowest BCUT2D eigenvalue weighted by Gasteiger charge is -2.25. The van der Waals surface area contributed by atoms with Crippen LogP contribution in [0.4, 0.5) is 0 Å². The summed E-state index contributed by atoms with van der Waals surface area (Å²) >= 11 is 1.54. The van der Waals surface area contributed by atoms with Gasteiger partial charge in [-0.05, 0) is 19.3 Å². The minimum absolute atomic E-state index is 0.0648. The second-order valence-corrected chi connectivity index (χ2v) is 7.23. The molecule has 1 aliphatic rings. The van der Waals surface area contributed by atoms with Crippen molar-refractivity contribution in [2.24, 2.45) is 0 Å². The van der Waals surface area contributed by atoms with Gasteiger partial charge in [-0.3, -0.25) is 0 Å². The molecule has 4 atom stereocenters. The lowest BCUT2D eigenvalue weighted by molar-refractivity contribution is -0.0969. The SMILES string of the molecule is CCCCOC[C@H]1S[C@@H](O)[C@H](OCCCC)[C@@H]1OCCCC.